The van der Waals surface area contributed by atoms with Gasteiger partial charge in [-0.1, -0.05) is 12.1 Å². The highest BCUT2D eigenvalue weighted by Gasteiger charge is 2.28. The summed E-state index contributed by atoms with van der Waals surface area (Å²) in [5.41, 5.74) is 2.30. The molecule has 25 heavy (non-hydrogen) atoms. The number of ether oxygens (including phenoxy) is 2. The molecule has 2 aromatic rings. The van der Waals surface area contributed by atoms with E-state index in [0.717, 1.165) is 29.3 Å². The van der Waals surface area contributed by atoms with Gasteiger partial charge in [0.1, 0.15) is 6.10 Å². The molecular formula is C19H24N2O4. The quantitative estimate of drug-likeness (QED) is 0.870. The van der Waals surface area contributed by atoms with Gasteiger partial charge in [-0.05, 0) is 42.8 Å². The monoisotopic (exact) mass is 344 g/mol. The number of benzene rings is 1. The number of fused-ring (bicyclic) bond motifs is 1. The van der Waals surface area contributed by atoms with Gasteiger partial charge in [0.25, 0.3) is 11.5 Å². The fraction of sp³-hybridized carbons (Fsp3) is 0.474. The molecule has 0 bridgehead atoms. The van der Waals surface area contributed by atoms with E-state index in [-0.39, 0.29) is 18.0 Å². The van der Waals surface area contributed by atoms with Gasteiger partial charge in [-0.15, -0.1) is 0 Å². The number of rotatable bonds is 6. The number of carbonyl (C=O) groups is 1. The highest BCUT2D eigenvalue weighted by molar-refractivity contribution is 5.82. The summed E-state index contributed by atoms with van der Waals surface area (Å²) in [6.07, 6.45) is 1.22. The van der Waals surface area contributed by atoms with E-state index in [1.54, 1.807) is 12.0 Å². The van der Waals surface area contributed by atoms with Crippen LogP contribution >= 0.6 is 0 Å². The molecule has 134 valence electrons. The molecule has 0 radical (unpaired) electrons. The van der Waals surface area contributed by atoms with Gasteiger partial charge in [0.15, 0.2) is 0 Å². The standard InChI is InChI=1S/C19H24N2O4/c1-13-5-6-14-11-15(18(22)20-16(14)10-13)12-21(7-9-24-2)19(23)17-4-3-8-25-17/h5-6,10-11,17H,3-4,7-9,12H2,1-2H3,(H,20,22)/t17-/m1/s1. The number of hydrogen-bond donors (Lipinski definition) is 1. The second kappa shape index (κ2) is 7.80. The molecule has 1 aromatic heterocycles. The van der Waals surface area contributed by atoms with Crippen LogP contribution in [0.5, 0.6) is 0 Å². The Bertz CT molecular complexity index is 809. The zero-order valence-electron chi connectivity index (χ0n) is 14.7. The van der Waals surface area contributed by atoms with E-state index in [2.05, 4.69) is 4.98 Å². The largest absolute Gasteiger partial charge is 0.383 e. The Morgan fingerprint density at radius 3 is 2.96 bits per heavy atom. The van der Waals surface area contributed by atoms with Crippen LogP contribution in [0.1, 0.15) is 24.0 Å². The van der Waals surface area contributed by atoms with Crippen molar-refractivity contribution in [2.24, 2.45) is 0 Å². The van der Waals surface area contributed by atoms with E-state index in [1.165, 1.54) is 0 Å². The number of amides is 1. The Balaban J connectivity index is 1.86. The molecule has 1 aliphatic heterocycles. The normalized spacial score (nSPS) is 17.1. The van der Waals surface area contributed by atoms with Crippen molar-refractivity contribution in [2.45, 2.75) is 32.4 Å². The summed E-state index contributed by atoms with van der Waals surface area (Å²) >= 11 is 0. The third-order valence-electron chi connectivity index (χ3n) is 4.52. The molecule has 1 atom stereocenters. The number of pyridine rings is 1. The Hall–Kier alpha value is -2.18. The molecule has 1 N–H and O–H groups in total. The van der Waals surface area contributed by atoms with E-state index in [9.17, 15) is 9.59 Å². The zero-order chi connectivity index (χ0) is 17.8. The summed E-state index contributed by atoms with van der Waals surface area (Å²) in [4.78, 5) is 29.7. The molecule has 0 unspecified atom stereocenters. The molecule has 0 aliphatic carbocycles. The van der Waals surface area contributed by atoms with Crippen molar-refractivity contribution < 1.29 is 14.3 Å². The van der Waals surface area contributed by atoms with Crippen molar-refractivity contribution in [3.63, 3.8) is 0 Å². The van der Waals surface area contributed by atoms with E-state index in [4.69, 9.17) is 9.47 Å². The lowest BCUT2D eigenvalue weighted by Gasteiger charge is -2.25. The summed E-state index contributed by atoms with van der Waals surface area (Å²) in [6, 6.07) is 7.78. The number of nitrogens with one attached hydrogen (secondary N) is 1. The maximum Gasteiger partial charge on any atom is 0.253 e. The fourth-order valence-electron chi connectivity index (χ4n) is 3.13. The van der Waals surface area contributed by atoms with Crippen molar-refractivity contribution >= 4 is 16.8 Å². The first-order valence-electron chi connectivity index (χ1n) is 8.60. The number of H-pyrrole nitrogens is 1. The molecule has 6 nitrogen and oxygen atoms in total. The minimum Gasteiger partial charge on any atom is -0.383 e. The van der Waals surface area contributed by atoms with Crippen LogP contribution in [0.2, 0.25) is 0 Å². The van der Waals surface area contributed by atoms with E-state index >= 15 is 0 Å². The molecule has 1 aromatic carbocycles. The number of aromatic nitrogens is 1. The van der Waals surface area contributed by atoms with Gasteiger partial charge in [-0.2, -0.15) is 0 Å². The maximum atomic E-state index is 12.7. The Kier molecular flexibility index (Phi) is 5.50. The number of aryl methyl sites for hydroxylation is 1. The van der Waals surface area contributed by atoms with Crippen LogP contribution < -0.4 is 5.56 Å². The highest BCUT2D eigenvalue weighted by Crippen LogP contribution is 2.17. The first kappa shape index (κ1) is 17.6. The van der Waals surface area contributed by atoms with Crippen LogP contribution in [0.25, 0.3) is 10.9 Å². The van der Waals surface area contributed by atoms with Gasteiger partial charge in [-0.3, -0.25) is 9.59 Å². The smallest absolute Gasteiger partial charge is 0.253 e. The predicted molar refractivity (Wildman–Crippen MR) is 95.6 cm³/mol. The Morgan fingerprint density at radius 1 is 1.40 bits per heavy atom. The molecule has 1 aliphatic rings. The molecule has 3 rings (SSSR count). The van der Waals surface area contributed by atoms with E-state index < -0.39 is 6.10 Å². The van der Waals surface area contributed by atoms with Crippen molar-refractivity contribution in [2.75, 3.05) is 26.9 Å². The lowest BCUT2D eigenvalue weighted by molar-refractivity contribution is -0.142. The van der Waals surface area contributed by atoms with Crippen LogP contribution in [0.4, 0.5) is 0 Å². The topological polar surface area (TPSA) is 71.6 Å². The average molecular weight is 344 g/mol. The minimum atomic E-state index is -0.404. The Labute approximate surface area is 146 Å². The second-order valence-corrected chi connectivity index (χ2v) is 6.47. The van der Waals surface area contributed by atoms with Crippen LogP contribution in [0.15, 0.2) is 29.1 Å². The summed E-state index contributed by atoms with van der Waals surface area (Å²) in [7, 11) is 1.60. The van der Waals surface area contributed by atoms with Gasteiger partial charge in [-0.25, -0.2) is 0 Å². The molecule has 1 fully saturated rings. The van der Waals surface area contributed by atoms with Crippen LogP contribution in [-0.4, -0.2) is 48.8 Å². The van der Waals surface area contributed by atoms with Gasteiger partial charge in [0.2, 0.25) is 0 Å². The van der Waals surface area contributed by atoms with E-state index in [1.807, 2.05) is 31.2 Å². The first-order valence-corrected chi connectivity index (χ1v) is 8.60. The molecule has 0 saturated carbocycles. The van der Waals surface area contributed by atoms with Crippen molar-refractivity contribution in [3.05, 3.63) is 45.7 Å². The summed E-state index contributed by atoms with van der Waals surface area (Å²) < 4.78 is 10.6. The third-order valence-corrected chi connectivity index (χ3v) is 4.52. The summed E-state index contributed by atoms with van der Waals surface area (Å²) in [5.74, 6) is -0.0713. The number of carbonyl (C=O) groups excluding carboxylic acids is 1. The molecular weight excluding hydrogens is 320 g/mol. The number of aromatic amines is 1. The van der Waals surface area contributed by atoms with Crippen molar-refractivity contribution in [1.82, 2.24) is 9.88 Å². The summed E-state index contributed by atoms with van der Waals surface area (Å²) in [5, 5.41) is 0.955. The summed E-state index contributed by atoms with van der Waals surface area (Å²) in [6.45, 7) is 3.70. The van der Waals surface area contributed by atoms with Gasteiger partial charge >= 0.3 is 0 Å². The molecule has 0 spiro atoms. The van der Waals surface area contributed by atoms with Crippen molar-refractivity contribution in [1.29, 1.82) is 0 Å². The maximum absolute atomic E-state index is 12.7. The second-order valence-electron chi connectivity index (χ2n) is 6.47. The van der Waals surface area contributed by atoms with Gasteiger partial charge < -0.3 is 19.4 Å². The SMILES string of the molecule is COCCN(Cc1cc2ccc(C)cc2[nH]c1=O)C(=O)[C@H]1CCCO1. The van der Waals surface area contributed by atoms with Crippen LogP contribution in [-0.2, 0) is 20.8 Å². The Morgan fingerprint density at radius 2 is 2.24 bits per heavy atom. The van der Waals surface area contributed by atoms with Crippen LogP contribution in [0, 0.1) is 6.92 Å². The molecule has 1 amide bonds. The molecule has 6 heteroatoms. The third kappa shape index (κ3) is 4.08. The minimum absolute atomic E-state index is 0.0713. The predicted octanol–water partition coefficient (Wildman–Crippen LogP) is 1.99. The van der Waals surface area contributed by atoms with Gasteiger partial charge in [0, 0.05) is 31.3 Å². The number of hydrogen-bond acceptors (Lipinski definition) is 4. The molecule has 1 saturated heterocycles. The lowest BCUT2D eigenvalue weighted by Crippen LogP contribution is -2.41. The molecule has 2 heterocycles. The number of nitrogens with zero attached hydrogens (tertiary/aromatic N) is 1. The van der Waals surface area contributed by atoms with Gasteiger partial charge in [0.05, 0.1) is 13.2 Å². The highest BCUT2D eigenvalue weighted by atomic mass is 16.5. The van der Waals surface area contributed by atoms with Crippen LogP contribution in [0.3, 0.4) is 0 Å². The van der Waals surface area contributed by atoms with E-state index in [0.29, 0.717) is 25.3 Å². The zero-order valence-corrected chi connectivity index (χ0v) is 14.7. The lowest BCUT2D eigenvalue weighted by atomic mass is 10.1. The number of methoxy groups -OCH3 is 1. The first-order chi connectivity index (χ1) is 12.1. The fourth-order valence-corrected chi connectivity index (χ4v) is 3.13. The van der Waals surface area contributed by atoms with Crippen molar-refractivity contribution in [3.8, 4) is 0 Å². The average Bonchev–Trinajstić information content (AvgIpc) is 3.13.